The van der Waals surface area contributed by atoms with E-state index in [1.807, 2.05) is 44.2 Å². The predicted molar refractivity (Wildman–Crippen MR) is 236 cm³/mol. The molecule has 62 heavy (non-hydrogen) atoms. The molecule has 0 fully saturated rings. The van der Waals surface area contributed by atoms with E-state index in [4.69, 9.17) is 39.7 Å². The number of pyridine rings is 2. The fourth-order valence-corrected chi connectivity index (χ4v) is 7.38. The Hall–Kier alpha value is -5.30. The second-order valence-corrected chi connectivity index (χ2v) is 16.2. The number of aromatic nitrogens is 2. The molecule has 0 unspecified atom stereocenters. The number of carbonyl (C=O) groups is 2. The van der Waals surface area contributed by atoms with Crippen molar-refractivity contribution in [2.24, 2.45) is 0 Å². The third-order valence-electron chi connectivity index (χ3n) is 9.72. The van der Waals surface area contributed by atoms with Crippen LogP contribution in [0.3, 0.4) is 0 Å². The van der Waals surface area contributed by atoms with Crippen LogP contribution in [0.4, 0.5) is 0 Å². The number of carboxylic acid groups (broad SMARTS) is 2. The molecule has 0 bridgehead atoms. The average molecular weight is 982 g/mol. The molecule has 0 radical (unpaired) electrons. The van der Waals surface area contributed by atoms with Crippen LogP contribution >= 0.6 is 31.9 Å². The third-order valence-corrected chi connectivity index (χ3v) is 10.9. The highest BCUT2D eigenvalue weighted by Crippen LogP contribution is 2.35. The van der Waals surface area contributed by atoms with Crippen molar-refractivity contribution in [1.82, 2.24) is 15.3 Å². The largest absolute Gasteiger partial charge is 0.481 e. The number of nitrogens with zero attached hydrogens (tertiary/aromatic N) is 4. The molecule has 0 amide bonds. The highest BCUT2D eigenvalue weighted by Gasteiger charge is 2.19. The first-order valence-electron chi connectivity index (χ1n) is 20.1. The van der Waals surface area contributed by atoms with Crippen molar-refractivity contribution in [3.8, 4) is 46.8 Å². The summed E-state index contributed by atoms with van der Waals surface area (Å²) in [5, 5.41) is 58.9. The van der Waals surface area contributed by atoms with Gasteiger partial charge in [0, 0.05) is 37.1 Å². The zero-order valence-electron chi connectivity index (χ0n) is 34.7. The minimum Gasteiger partial charge on any atom is -0.481 e. The van der Waals surface area contributed by atoms with Crippen molar-refractivity contribution in [2.45, 2.75) is 104 Å². The zero-order valence-corrected chi connectivity index (χ0v) is 37.8. The minimum atomic E-state index is -1.09. The van der Waals surface area contributed by atoms with E-state index in [-0.39, 0.29) is 52.4 Å². The Kier molecular flexibility index (Phi) is 20.4. The molecule has 0 saturated carbocycles. The Balaban J connectivity index is 1.49. The molecule has 330 valence electrons. The summed E-state index contributed by atoms with van der Waals surface area (Å²) < 4.78 is 25.6. The number of unbranched alkanes of at least 4 members (excludes halogenated alkanes) is 2. The number of aliphatic carboxylic acids is 2. The van der Waals surface area contributed by atoms with Gasteiger partial charge in [0.05, 0.1) is 59.3 Å². The Bertz CT molecular complexity index is 2070. The summed E-state index contributed by atoms with van der Waals surface area (Å²) in [4.78, 5) is 31.2. The number of halogens is 2. The second-order valence-electron chi connectivity index (χ2n) is 14.5. The Morgan fingerprint density at radius 3 is 1.68 bits per heavy atom. The molecule has 2 heterocycles. The van der Waals surface area contributed by atoms with Crippen LogP contribution in [0.15, 0.2) is 57.5 Å². The highest BCUT2D eigenvalue weighted by atomic mass is 79.9. The van der Waals surface area contributed by atoms with Crippen molar-refractivity contribution in [3.63, 3.8) is 0 Å². The molecule has 2 atom stereocenters. The lowest BCUT2D eigenvalue weighted by Crippen LogP contribution is -2.28. The van der Waals surface area contributed by atoms with Gasteiger partial charge in [-0.2, -0.15) is 20.5 Å². The molecular weight excluding hydrogens is 930 g/mol. The fraction of sp³-hybridized carbons (Fsp3) is 0.422. The van der Waals surface area contributed by atoms with Crippen LogP contribution in [0.5, 0.6) is 23.5 Å². The normalized spacial score (nSPS) is 11.9. The molecule has 4 rings (SSSR count). The first-order valence-corrected chi connectivity index (χ1v) is 21.7. The number of carboxylic acids is 2. The first kappa shape index (κ1) is 49.4. The smallest absolute Gasteiger partial charge is 0.306 e. The number of nitrogens with one attached hydrogen (secondary N) is 1. The van der Waals surface area contributed by atoms with Crippen molar-refractivity contribution >= 4 is 43.8 Å². The van der Waals surface area contributed by atoms with Crippen LogP contribution in [0.25, 0.3) is 11.1 Å². The second kappa shape index (κ2) is 25.6. The summed E-state index contributed by atoms with van der Waals surface area (Å²) in [6.07, 6.45) is 0.266. The molecule has 4 aromatic rings. The van der Waals surface area contributed by atoms with Crippen LogP contribution < -0.4 is 24.3 Å². The Labute approximate surface area is 377 Å². The van der Waals surface area contributed by atoms with Crippen molar-refractivity contribution in [3.05, 3.63) is 90.9 Å². The topological polar surface area (TPSA) is 237 Å². The number of aliphatic hydroxyl groups is 2. The molecule has 5 N–H and O–H groups in total. The third kappa shape index (κ3) is 15.6. The van der Waals surface area contributed by atoms with E-state index in [1.54, 1.807) is 6.07 Å². The molecule has 0 saturated heterocycles. The number of aliphatic hydroxyl groups excluding tert-OH is 2. The lowest BCUT2D eigenvalue weighted by molar-refractivity contribution is -0.140. The summed E-state index contributed by atoms with van der Waals surface area (Å²) in [5.41, 5.74) is 7.33. The molecule has 0 spiro atoms. The van der Waals surface area contributed by atoms with Crippen molar-refractivity contribution < 1.29 is 49.0 Å². The van der Waals surface area contributed by atoms with E-state index >= 15 is 0 Å². The molecule has 2 aromatic carbocycles. The summed E-state index contributed by atoms with van der Waals surface area (Å²) in [7, 11) is 0. The monoisotopic (exact) mass is 979 g/mol. The number of nitriles is 2. The molecule has 2 aromatic heterocycles. The van der Waals surface area contributed by atoms with Crippen LogP contribution in [0.2, 0.25) is 0 Å². The van der Waals surface area contributed by atoms with Gasteiger partial charge in [0.15, 0.2) is 0 Å². The molecule has 17 heteroatoms. The molecule has 0 aliphatic carbocycles. The minimum absolute atomic E-state index is 0.0558. The van der Waals surface area contributed by atoms with Crippen LogP contribution in [0, 0.1) is 36.5 Å². The molecule has 15 nitrogen and oxygen atoms in total. The van der Waals surface area contributed by atoms with Crippen LogP contribution in [0.1, 0.15) is 84.7 Å². The van der Waals surface area contributed by atoms with E-state index in [2.05, 4.69) is 71.4 Å². The van der Waals surface area contributed by atoms with E-state index < -0.39 is 24.1 Å². The lowest BCUT2D eigenvalue weighted by atomic mass is 9.92. The maximum atomic E-state index is 11.0. The summed E-state index contributed by atoms with van der Waals surface area (Å²) in [5.74, 6) is -0.876. The lowest BCUT2D eigenvalue weighted by Gasteiger charge is -2.18. The SMILES string of the molecule is Cc1c(COc2nc(OCCCC#N)c(CCC[C@@H](O)CC(=O)O)cc2Br)cccc1-c1cccc(COc2nc(OCCCC#N)c(CNC[C@@H](O)CC(=O)O)cc2Br)c1C. The molecule has 0 aliphatic heterocycles. The summed E-state index contributed by atoms with van der Waals surface area (Å²) in [6.45, 7) is 5.30. The maximum Gasteiger partial charge on any atom is 0.306 e. The number of aryl methyl sites for hydroxylation is 1. The zero-order chi connectivity index (χ0) is 45.0. The van der Waals surface area contributed by atoms with Gasteiger partial charge in [-0.1, -0.05) is 36.4 Å². The van der Waals surface area contributed by atoms with Crippen molar-refractivity contribution in [2.75, 3.05) is 19.8 Å². The number of benzene rings is 2. The number of hydrogen-bond acceptors (Lipinski definition) is 13. The fourth-order valence-electron chi connectivity index (χ4n) is 6.42. The summed E-state index contributed by atoms with van der Waals surface area (Å²) in [6, 6.07) is 19.9. The van der Waals surface area contributed by atoms with E-state index in [1.165, 1.54) is 0 Å². The van der Waals surface area contributed by atoms with Gasteiger partial charge in [-0.15, -0.1) is 0 Å². The van der Waals surface area contributed by atoms with Gasteiger partial charge >= 0.3 is 11.9 Å². The predicted octanol–water partition coefficient (Wildman–Crippen LogP) is 7.89. The quantitative estimate of drug-likeness (QED) is 0.0357. The van der Waals surface area contributed by atoms with E-state index in [0.29, 0.717) is 83.0 Å². The molecule has 0 aliphatic rings. The summed E-state index contributed by atoms with van der Waals surface area (Å²) >= 11 is 7.16. The van der Waals surface area contributed by atoms with E-state index in [9.17, 15) is 19.8 Å². The van der Waals surface area contributed by atoms with Crippen LogP contribution in [-0.4, -0.2) is 74.3 Å². The number of hydrogen-bond donors (Lipinski definition) is 5. The standard InChI is InChI=1S/C45H51Br2N5O10/c1-28-31(26-61-44-38(46)20-30(10-7-13-34(53)22-40(55)56)42(51-44)59-18-5-3-16-48)11-8-14-36(28)37-15-9-12-32(29(37)2)27-62-45-39(47)21-33(24-50-25-35(54)23-41(57)58)43(52-45)60-19-6-4-17-49/h8-9,11-12,14-15,20-21,34-35,50,53-54H,3-7,10,13,18-19,22-27H2,1-2H3,(H,55,56)(H,57,58)/t34-,35+/m1/s1. The Morgan fingerprint density at radius 1 is 0.694 bits per heavy atom. The van der Waals surface area contributed by atoms with E-state index in [0.717, 1.165) is 38.9 Å². The van der Waals surface area contributed by atoms with Crippen LogP contribution in [-0.2, 0) is 35.8 Å². The maximum absolute atomic E-state index is 11.0. The highest BCUT2D eigenvalue weighted by molar-refractivity contribution is 9.10. The number of rotatable bonds is 27. The Morgan fingerprint density at radius 2 is 1.18 bits per heavy atom. The van der Waals surface area contributed by atoms with Crippen molar-refractivity contribution in [1.29, 1.82) is 10.5 Å². The van der Waals surface area contributed by atoms with Gasteiger partial charge in [0.2, 0.25) is 23.5 Å². The molecular formula is C45H51Br2N5O10. The number of ether oxygens (including phenoxy) is 4. The van der Waals surface area contributed by atoms with Gasteiger partial charge in [0.25, 0.3) is 0 Å². The van der Waals surface area contributed by atoms with Gasteiger partial charge in [-0.3, -0.25) is 9.59 Å². The average Bonchev–Trinajstić information content (AvgIpc) is 3.22. The van der Waals surface area contributed by atoms with Gasteiger partial charge in [-0.25, -0.2) is 0 Å². The van der Waals surface area contributed by atoms with Gasteiger partial charge in [-0.05, 0) is 123 Å². The van der Waals surface area contributed by atoms with Gasteiger partial charge < -0.3 is 44.7 Å². The first-order chi connectivity index (χ1) is 29.8. The van der Waals surface area contributed by atoms with Gasteiger partial charge in [0.1, 0.15) is 13.2 Å².